The van der Waals surface area contributed by atoms with Crippen LogP contribution in [0.4, 0.5) is 13.2 Å². The number of esters is 1. The van der Waals surface area contributed by atoms with Crippen molar-refractivity contribution in [2.45, 2.75) is 84.1 Å². The molecule has 0 aliphatic heterocycles. The number of alkyl halides is 3. The molecule has 2 aliphatic carbocycles. The summed E-state index contributed by atoms with van der Waals surface area (Å²) in [5, 5.41) is 0. The summed E-state index contributed by atoms with van der Waals surface area (Å²) in [6.07, 6.45) is 3.38. The average Bonchev–Trinajstić information content (AvgIpc) is 2.81. The predicted octanol–water partition coefficient (Wildman–Crippen LogP) is 8.08. The molecule has 5 atom stereocenters. The van der Waals surface area contributed by atoms with Crippen LogP contribution in [0.2, 0.25) is 0 Å². The fourth-order valence-corrected chi connectivity index (χ4v) is 6.03. The van der Waals surface area contributed by atoms with Crippen molar-refractivity contribution in [1.82, 2.24) is 0 Å². The monoisotopic (exact) mass is 504 g/mol. The van der Waals surface area contributed by atoms with Gasteiger partial charge in [-0.15, -0.1) is 0 Å². The maximum atomic E-state index is 14.4. The second-order valence-corrected chi connectivity index (χ2v) is 10.8. The fourth-order valence-electron chi connectivity index (χ4n) is 6.03. The molecule has 0 spiro atoms. The minimum Gasteiger partial charge on any atom is -0.459 e. The van der Waals surface area contributed by atoms with Gasteiger partial charge in [0.1, 0.15) is 6.10 Å². The molecule has 0 amide bonds. The van der Waals surface area contributed by atoms with Gasteiger partial charge in [0, 0.05) is 24.5 Å². The molecule has 3 nitrogen and oxygen atoms in total. The molecule has 1 aromatic rings. The van der Waals surface area contributed by atoms with E-state index < -0.39 is 29.3 Å². The Morgan fingerprint density at radius 1 is 1.22 bits per heavy atom. The molecule has 0 bridgehead atoms. The van der Waals surface area contributed by atoms with E-state index in [2.05, 4.69) is 40.3 Å². The van der Waals surface area contributed by atoms with Crippen molar-refractivity contribution in [1.29, 1.82) is 0 Å². The van der Waals surface area contributed by atoms with E-state index in [0.29, 0.717) is 12.3 Å². The lowest BCUT2D eigenvalue weighted by molar-refractivity contribution is -0.280. The summed E-state index contributed by atoms with van der Waals surface area (Å²) in [5.74, 6) is -0.943. The number of benzene rings is 1. The van der Waals surface area contributed by atoms with Crippen molar-refractivity contribution in [2.24, 2.45) is 17.3 Å². The normalized spacial score (nSPS) is 27.8. The van der Waals surface area contributed by atoms with Gasteiger partial charge >= 0.3 is 12.1 Å². The second-order valence-electron chi connectivity index (χ2n) is 10.8. The van der Waals surface area contributed by atoms with Gasteiger partial charge in [0.05, 0.1) is 0 Å². The molecule has 0 N–H and O–H groups in total. The van der Waals surface area contributed by atoms with Crippen LogP contribution >= 0.6 is 0 Å². The quantitative estimate of drug-likeness (QED) is 0.265. The van der Waals surface area contributed by atoms with Crippen molar-refractivity contribution in [3.05, 3.63) is 71.3 Å². The zero-order valence-corrected chi connectivity index (χ0v) is 22.1. The van der Waals surface area contributed by atoms with Crippen molar-refractivity contribution >= 4 is 5.97 Å². The molecule has 36 heavy (non-hydrogen) atoms. The Morgan fingerprint density at radius 2 is 1.89 bits per heavy atom. The summed E-state index contributed by atoms with van der Waals surface area (Å²) in [4.78, 5) is 13.3. The van der Waals surface area contributed by atoms with Gasteiger partial charge in [0.25, 0.3) is 5.60 Å². The predicted molar refractivity (Wildman–Crippen MR) is 136 cm³/mol. The largest absolute Gasteiger partial charge is 0.459 e. The third kappa shape index (κ3) is 5.34. The van der Waals surface area contributed by atoms with E-state index in [-0.39, 0.29) is 11.5 Å². The van der Waals surface area contributed by atoms with Crippen molar-refractivity contribution in [2.75, 3.05) is 7.11 Å². The highest BCUT2D eigenvalue weighted by Gasteiger charge is 2.65. The SMILES string of the molecule is C=C(CCC=C(C)C)[C@H]1CC[C@]2(C)[C@@H](OC(=O)[C@@](OC)(c3ccccc3)C(F)(F)F)CC=C(C)[C@H]2C1. The molecular weight excluding hydrogens is 465 g/mol. The Balaban J connectivity index is 1.84. The van der Waals surface area contributed by atoms with Gasteiger partial charge in [0.15, 0.2) is 0 Å². The van der Waals surface area contributed by atoms with Crippen molar-refractivity contribution in [3.63, 3.8) is 0 Å². The molecule has 6 heteroatoms. The number of carbonyl (C=O) groups is 1. The van der Waals surface area contributed by atoms with E-state index in [1.807, 2.05) is 6.08 Å². The van der Waals surface area contributed by atoms with Crippen LogP contribution in [0.1, 0.15) is 71.8 Å². The van der Waals surface area contributed by atoms with E-state index in [0.717, 1.165) is 39.2 Å². The first-order valence-electron chi connectivity index (χ1n) is 12.7. The van der Waals surface area contributed by atoms with E-state index in [9.17, 15) is 18.0 Å². The van der Waals surface area contributed by atoms with Crippen LogP contribution in [-0.2, 0) is 19.9 Å². The lowest BCUT2D eigenvalue weighted by atomic mass is 9.56. The molecule has 3 rings (SSSR count). The van der Waals surface area contributed by atoms with Crippen LogP contribution in [0.5, 0.6) is 0 Å². The molecule has 198 valence electrons. The maximum absolute atomic E-state index is 14.4. The Hall–Kier alpha value is -2.34. The molecular formula is C30H39F3O3. The number of halogens is 3. The van der Waals surface area contributed by atoms with Gasteiger partial charge in [-0.3, -0.25) is 0 Å². The summed E-state index contributed by atoms with van der Waals surface area (Å²) >= 11 is 0. The number of ether oxygens (including phenoxy) is 2. The van der Waals surface area contributed by atoms with Gasteiger partial charge in [-0.05, 0) is 64.7 Å². The third-order valence-corrected chi connectivity index (χ3v) is 8.30. The van der Waals surface area contributed by atoms with Gasteiger partial charge in [-0.25, -0.2) is 4.79 Å². The lowest BCUT2D eigenvalue weighted by Gasteiger charge is -2.52. The van der Waals surface area contributed by atoms with Crippen molar-refractivity contribution in [3.8, 4) is 0 Å². The van der Waals surface area contributed by atoms with Gasteiger partial charge in [-0.2, -0.15) is 13.2 Å². The van der Waals surface area contributed by atoms with Crippen LogP contribution in [-0.4, -0.2) is 25.4 Å². The molecule has 0 aromatic heterocycles. The highest BCUT2D eigenvalue weighted by atomic mass is 19.4. The number of hydrogen-bond donors (Lipinski definition) is 0. The number of fused-ring (bicyclic) bond motifs is 1. The topological polar surface area (TPSA) is 35.5 Å². The van der Waals surface area contributed by atoms with E-state index in [1.54, 1.807) is 6.07 Å². The number of methoxy groups -OCH3 is 1. The smallest absolute Gasteiger partial charge is 0.432 e. The van der Waals surface area contributed by atoms with Crippen LogP contribution in [0.15, 0.2) is 65.8 Å². The first kappa shape index (κ1) is 28.2. The second kappa shape index (κ2) is 11.0. The summed E-state index contributed by atoms with van der Waals surface area (Å²) in [7, 11) is 0.906. The van der Waals surface area contributed by atoms with Gasteiger partial charge in [0.2, 0.25) is 0 Å². The Kier molecular flexibility index (Phi) is 8.59. The van der Waals surface area contributed by atoms with Crippen LogP contribution in [0.25, 0.3) is 0 Å². The van der Waals surface area contributed by atoms with Crippen LogP contribution in [0.3, 0.4) is 0 Å². The Labute approximate surface area is 213 Å². The van der Waals surface area contributed by atoms with Crippen LogP contribution in [0, 0.1) is 17.3 Å². The number of rotatable bonds is 8. The van der Waals surface area contributed by atoms with Gasteiger partial charge < -0.3 is 9.47 Å². The van der Waals surface area contributed by atoms with E-state index in [4.69, 9.17) is 9.47 Å². The highest BCUT2D eigenvalue weighted by molar-refractivity contribution is 5.83. The van der Waals surface area contributed by atoms with E-state index in [1.165, 1.54) is 41.0 Å². The highest BCUT2D eigenvalue weighted by Crippen LogP contribution is 2.55. The van der Waals surface area contributed by atoms with Gasteiger partial charge in [-0.1, -0.05) is 72.7 Å². The zero-order valence-electron chi connectivity index (χ0n) is 22.1. The Bertz CT molecular complexity index is 1010. The molecule has 1 aromatic carbocycles. The fraction of sp³-hybridized carbons (Fsp3) is 0.567. The summed E-state index contributed by atoms with van der Waals surface area (Å²) < 4.78 is 53.9. The van der Waals surface area contributed by atoms with Crippen LogP contribution < -0.4 is 0 Å². The number of carbonyl (C=O) groups excluding carboxylic acids is 1. The Morgan fingerprint density at radius 3 is 2.47 bits per heavy atom. The standard InChI is InChI=1S/C30H39F3O3/c1-20(2)11-10-12-21(3)23-17-18-28(5)25(19-23)22(4)15-16-26(28)36-27(34)29(35-6,30(31,32)33)24-13-8-7-9-14-24/h7-9,11,13-15,23,25-26H,3,10,12,16-19H2,1-2,4-6H3/t23-,25+,26-,28-,29-/m0/s1. The number of allylic oxidation sites excluding steroid dienone is 4. The molecule has 2 aliphatic rings. The summed E-state index contributed by atoms with van der Waals surface area (Å²) in [5.41, 5.74) is -0.189. The summed E-state index contributed by atoms with van der Waals surface area (Å²) in [6, 6.07) is 7.01. The molecule has 0 saturated heterocycles. The summed E-state index contributed by atoms with van der Waals surface area (Å²) in [6.45, 7) is 12.7. The van der Waals surface area contributed by atoms with Crippen molar-refractivity contribution < 1.29 is 27.4 Å². The molecule has 0 radical (unpaired) electrons. The minimum atomic E-state index is -4.98. The number of hydrogen-bond acceptors (Lipinski definition) is 3. The lowest BCUT2D eigenvalue weighted by Crippen LogP contribution is -2.55. The third-order valence-electron chi connectivity index (χ3n) is 8.30. The molecule has 1 fully saturated rings. The zero-order chi connectivity index (χ0) is 26.7. The first-order valence-corrected chi connectivity index (χ1v) is 12.7. The molecule has 0 unspecified atom stereocenters. The average molecular weight is 505 g/mol. The maximum Gasteiger partial charge on any atom is 0.432 e. The minimum absolute atomic E-state index is 0.113. The molecule has 0 heterocycles. The van der Waals surface area contributed by atoms with E-state index >= 15 is 0 Å². The first-order chi connectivity index (χ1) is 16.9. The molecule has 1 saturated carbocycles.